The van der Waals surface area contributed by atoms with Gasteiger partial charge in [0, 0.05) is 31.7 Å². The molecule has 33 heavy (non-hydrogen) atoms. The molecule has 0 aliphatic carbocycles. The van der Waals surface area contributed by atoms with Crippen LogP contribution in [0.4, 0.5) is 11.4 Å². The van der Waals surface area contributed by atoms with Gasteiger partial charge in [-0.2, -0.15) is 4.31 Å². The number of carbonyl (C=O) groups is 2. The van der Waals surface area contributed by atoms with Crippen LogP contribution in [-0.2, 0) is 30.8 Å². The number of sulfonamides is 1. The van der Waals surface area contributed by atoms with Crippen molar-refractivity contribution in [2.24, 2.45) is 5.92 Å². The monoisotopic (exact) mass is 473 g/mol. The molecule has 0 saturated carbocycles. The summed E-state index contributed by atoms with van der Waals surface area (Å²) in [5.74, 6) is -1.47. The highest BCUT2D eigenvalue weighted by Crippen LogP contribution is 2.32. The number of hydrogen-bond donors (Lipinski definition) is 2. The van der Waals surface area contributed by atoms with Crippen LogP contribution in [0.3, 0.4) is 0 Å². The van der Waals surface area contributed by atoms with Gasteiger partial charge in [0.15, 0.2) is 0 Å². The predicted octanol–water partition coefficient (Wildman–Crippen LogP) is 1.97. The normalized spacial score (nSPS) is 19.6. The van der Waals surface area contributed by atoms with E-state index in [9.17, 15) is 23.1 Å². The third-order valence-electron chi connectivity index (χ3n) is 5.99. The van der Waals surface area contributed by atoms with Gasteiger partial charge in [-0.25, -0.2) is 8.42 Å². The Hall–Kier alpha value is -2.95. The van der Waals surface area contributed by atoms with Crippen molar-refractivity contribution in [1.29, 1.82) is 0 Å². The maximum absolute atomic E-state index is 12.9. The van der Waals surface area contributed by atoms with Crippen LogP contribution in [0, 0.1) is 5.92 Å². The first-order chi connectivity index (χ1) is 15.8. The number of nitrogens with one attached hydrogen (secondary N) is 1. The molecule has 2 N–H and O–H groups in total. The molecule has 2 aromatic carbocycles. The van der Waals surface area contributed by atoms with E-state index in [1.807, 2.05) is 31.2 Å². The maximum Gasteiger partial charge on any atom is 0.243 e. The zero-order chi connectivity index (χ0) is 23.6. The third kappa shape index (κ3) is 4.73. The number of benzene rings is 2. The minimum Gasteiger partial charge on any atom is -0.506 e. The van der Waals surface area contributed by atoms with Crippen molar-refractivity contribution in [1.82, 2.24) is 4.31 Å². The number of phenolic OH excluding ortho intramolecular Hbond substituents is 1. The molecule has 1 unspecified atom stereocenters. The first-order valence-corrected chi connectivity index (χ1v) is 12.3. The molecule has 4 rings (SSSR count). The number of carbonyl (C=O) groups excluding carboxylic acids is 2. The van der Waals surface area contributed by atoms with E-state index in [0.29, 0.717) is 13.2 Å². The second-order valence-electron chi connectivity index (χ2n) is 8.07. The van der Waals surface area contributed by atoms with Crippen LogP contribution < -0.4 is 10.2 Å². The molecule has 2 aliphatic heterocycles. The van der Waals surface area contributed by atoms with Gasteiger partial charge in [-0.05, 0) is 36.2 Å². The van der Waals surface area contributed by atoms with E-state index >= 15 is 0 Å². The highest BCUT2D eigenvalue weighted by molar-refractivity contribution is 7.89. The fourth-order valence-corrected chi connectivity index (χ4v) is 5.57. The lowest BCUT2D eigenvalue weighted by Crippen LogP contribution is -2.40. The zero-order valence-electron chi connectivity index (χ0n) is 18.4. The van der Waals surface area contributed by atoms with Gasteiger partial charge >= 0.3 is 0 Å². The van der Waals surface area contributed by atoms with E-state index in [2.05, 4.69) is 5.32 Å². The van der Waals surface area contributed by atoms with Gasteiger partial charge in [0.25, 0.3) is 0 Å². The van der Waals surface area contributed by atoms with Crippen molar-refractivity contribution in [3.63, 3.8) is 0 Å². The Morgan fingerprint density at radius 3 is 2.64 bits per heavy atom. The summed E-state index contributed by atoms with van der Waals surface area (Å²) in [6.07, 6.45) is 0.797. The Balaban J connectivity index is 1.51. The van der Waals surface area contributed by atoms with Crippen LogP contribution in [0.25, 0.3) is 0 Å². The summed E-state index contributed by atoms with van der Waals surface area (Å²) in [6, 6.07) is 11.4. The van der Waals surface area contributed by atoms with Crippen molar-refractivity contribution in [3.05, 3.63) is 48.0 Å². The first-order valence-electron chi connectivity index (χ1n) is 10.9. The molecule has 0 spiro atoms. The quantitative estimate of drug-likeness (QED) is 0.620. The molecule has 176 valence electrons. The van der Waals surface area contributed by atoms with E-state index in [1.54, 1.807) is 4.90 Å². The summed E-state index contributed by atoms with van der Waals surface area (Å²) >= 11 is 0. The molecule has 9 nitrogen and oxygen atoms in total. The Morgan fingerprint density at radius 1 is 1.18 bits per heavy atom. The molecule has 2 aliphatic rings. The predicted molar refractivity (Wildman–Crippen MR) is 123 cm³/mol. The van der Waals surface area contributed by atoms with E-state index in [-0.39, 0.29) is 48.3 Å². The summed E-state index contributed by atoms with van der Waals surface area (Å²) < 4.78 is 32.4. The number of hydrogen-bond acceptors (Lipinski definition) is 6. The van der Waals surface area contributed by atoms with Crippen LogP contribution >= 0.6 is 0 Å². The number of ether oxygens (including phenoxy) is 1. The van der Waals surface area contributed by atoms with Crippen LogP contribution in [0.15, 0.2) is 47.4 Å². The van der Waals surface area contributed by atoms with E-state index in [4.69, 9.17) is 4.74 Å². The van der Waals surface area contributed by atoms with Gasteiger partial charge in [-0.15, -0.1) is 0 Å². The SMILES string of the molecule is CCc1ccccc1N1CC(C(=O)Nc2cc(S(=O)(=O)N3CCOCC3)ccc2O)CC1=O. The standard InChI is InChI=1S/C23H27N3O6S/c1-2-16-5-3-4-6-20(16)26-15-17(13-22(26)28)23(29)24-19-14-18(7-8-21(19)27)33(30,31)25-9-11-32-12-10-25/h3-8,14,17,27H,2,9-13,15H2,1H3,(H,24,29). The lowest BCUT2D eigenvalue weighted by Gasteiger charge is -2.26. The number of nitrogens with zero attached hydrogens (tertiary/aromatic N) is 2. The third-order valence-corrected chi connectivity index (χ3v) is 7.89. The van der Waals surface area contributed by atoms with E-state index in [1.165, 1.54) is 22.5 Å². The first kappa shape index (κ1) is 23.2. The number of phenols is 1. The number of rotatable bonds is 6. The van der Waals surface area contributed by atoms with Gasteiger partial charge in [0.1, 0.15) is 5.75 Å². The summed E-state index contributed by atoms with van der Waals surface area (Å²) in [6.45, 7) is 3.33. The molecule has 0 aromatic heterocycles. The minimum atomic E-state index is -3.79. The van der Waals surface area contributed by atoms with Gasteiger partial charge in [-0.3, -0.25) is 9.59 Å². The lowest BCUT2D eigenvalue weighted by atomic mass is 10.1. The van der Waals surface area contributed by atoms with Crippen molar-refractivity contribution in [2.75, 3.05) is 43.1 Å². The number of aryl methyl sites for hydroxylation is 1. The second-order valence-corrected chi connectivity index (χ2v) is 10.0. The molecule has 2 heterocycles. The smallest absolute Gasteiger partial charge is 0.243 e. The Kier molecular flexibility index (Phi) is 6.68. The van der Waals surface area contributed by atoms with Gasteiger partial charge in [0.05, 0.1) is 29.7 Å². The number of para-hydroxylation sites is 1. The van der Waals surface area contributed by atoms with Crippen molar-refractivity contribution < 1.29 is 27.9 Å². The molecule has 2 fully saturated rings. The highest BCUT2D eigenvalue weighted by atomic mass is 32.2. The number of morpholine rings is 1. The second kappa shape index (κ2) is 9.50. The zero-order valence-corrected chi connectivity index (χ0v) is 19.2. The fourth-order valence-electron chi connectivity index (χ4n) is 4.14. The molecule has 2 saturated heterocycles. The average molecular weight is 474 g/mol. The molecular formula is C23H27N3O6S. The van der Waals surface area contributed by atoms with Crippen LogP contribution in [-0.4, -0.2) is 62.5 Å². The minimum absolute atomic E-state index is 0.00538. The van der Waals surface area contributed by atoms with Crippen molar-refractivity contribution in [2.45, 2.75) is 24.7 Å². The number of aromatic hydroxyl groups is 1. The van der Waals surface area contributed by atoms with Crippen molar-refractivity contribution >= 4 is 33.2 Å². The molecule has 2 aromatic rings. The summed E-state index contributed by atoms with van der Waals surface area (Å²) in [5, 5.41) is 12.8. The van der Waals surface area contributed by atoms with Crippen LogP contribution in [0.1, 0.15) is 18.9 Å². The largest absolute Gasteiger partial charge is 0.506 e. The fraction of sp³-hybridized carbons (Fsp3) is 0.391. The number of amides is 2. The van der Waals surface area contributed by atoms with Crippen LogP contribution in [0.2, 0.25) is 0 Å². The van der Waals surface area contributed by atoms with E-state index in [0.717, 1.165) is 17.7 Å². The molecule has 1 atom stereocenters. The molecule has 0 radical (unpaired) electrons. The lowest BCUT2D eigenvalue weighted by molar-refractivity contribution is -0.122. The number of anilines is 2. The Labute approximate surface area is 193 Å². The summed E-state index contributed by atoms with van der Waals surface area (Å²) in [5.41, 5.74) is 1.81. The maximum atomic E-state index is 12.9. The average Bonchev–Trinajstić information content (AvgIpc) is 3.22. The summed E-state index contributed by atoms with van der Waals surface area (Å²) in [7, 11) is -3.79. The van der Waals surface area contributed by atoms with Gasteiger partial charge in [-0.1, -0.05) is 25.1 Å². The van der Waals surface area contributed by atoms with Crippen LogP contribution in [0.5, 0.6) is 5.75 Å². The highest BCUT2D eigenvalue weighted by Gasteiger charge is 2.36. The topological polar surface area (TPSA) is 116 Å². The van der Waals surface area contributed by atoms with Gasteiger partial charge in [0.2, 0.25) is 21.8 Å². The molecule has 10 heteroatoms. The van der Waals surface area contributed by atoms with Gasteiger partial charge < -0.3 is 20.1 Å². The molecule has 2 amide bonds. The van der Waals surface area contributed by atoms with E-state index < -0.39 is 21.8 Å². The Morgan fingerprint density at radius 2 is 1.91 bits per heavy atom. The molecular weight excluding hydrogens is 446 g/mol. The summed E-state index contributed by atoms with van der Waals surface area (Å²) in [4.78, 5) is 27.2. The Bertz CT molecular complexity index is 1160. The molecule has 0 bridgehead atoms. The van der Waals surface area contributed by atoms with Crippen molar-refractivity contribution in [3.8, 4) is 5.75 Å².